The molecule has 1 saturated heterocycles. The van der Waals surface area contributed by atoms with Gasteiger partial charge in [0.1, 0.15) is 24.4 Å². The SMILES string of the molecule is C=C[C@@](C)(O)CC/C=C(\C)CO[C@@H]1O[C@H](CO)[C@@H](O)[C@H](O)[C@H]1O. The zero-order chi connectivity index (χ0) is 17.6. The molecule has 0 amide bonds. The zero-order valence-electron chi connectivity index (χ0n) is 13.6. The van der Waals surface area contributed by atoms with Crippen molar-refractivity contribution >= 4 is 0 Å². The van der Waals surface area contributed by atoms with Gasteiger partial charge in [0, 0.05) is 0 Å². The second kappa shape index (κ2) is 8.89. The van der Waals surface area contributed by atoms with Gasteiger partial charge in [-0.3, -0.25) is 0 Å². The summed E-state index contributed by atoms with van der Waals surface area (Å²) in [5.41, 5.74) is -0.0589. The van der Waals surface area contributed by atoms with Gasteiger partial charge in [0.05, 0.1) is 18.8 Å². The van der Waals surface area contributed by atoms with Crippen molar-refractivity contribution in [2.75, 3.05) is 13.2 Å². The Morgan fingerprint density at radius 3 is 2.48 bits per heavy atom. The summed E-state index contributed by atoms with van der Waals surface area (Å²) in [5.74, 6) is 0. The molecule has 23 heavy (non-hydrogen) atoms. The molecule has 0 unspecified atom stereocenters. The molecule has 0 spiro atoms. The Morgan fingerprint density at radius 1 is 1.26 bits per heavy atom. The molecule has 1 rings (SSSR count). The lowest BCUT2D eigenvalue weighted by molar-refractivity contribution is -0.299. The fraction of sp³-hybridized carbons (Fsp3) is 0.750. The van der Waals surface area contributed by atoms with Gasteiger partial charge in [-0.1, -0.05) is 17.7 Å². The van der Waals surface area contributed by atoms with Crippen molar-refractivity contribution in [2.45, 2.75) is 63.0 Å². The van der Waals surface area contributed by atoms with Gasteiger partial charge < -0.3 is 35.0 Å². The van der Waals surface area contributed by atoms with Crippen LogP contribution in [0.2, 0.25) is 0 Å². The van der Waals surface area contributed by atoms with Crippen molar-refractivity contribution in [2.24, 2.45) is 0 Å². The Morgan fingerprint density at radius 2 is 1.91 bits per heavy atom. The van der Waals surface area contributed by atoms with Crippen LogP contribution in [0.25, 0.3) is 0 Å². The predicted molar refractivity (Wildman–Crippen MR) is 83.5 cm³/mol. The van der Waals surface area contributed by atoms with E-state index in [0.717, 1.165) is 5.57 Å². The molecule has 1 heterocycles. The van der Waals surface area contributed by atoms with Gasteiger partial charge in [0.15, 0.2) is 6.29 Å². The van der Waals surface area contributed by atoms with E-state index in [1.807, 2.05) is 13.0 Å². The summed E-state index contributed by atoms with van der Waals surface area (Å²) in [7, 11) is 0. The average molecular weight is 332 g/mol. The number of allylic oxidation sites excluding steroid dienone is 1. The van der Waals surface area contributed by atoms with E-state index in [9.17, 15) is 20.4 Å². The maximum atomic E-state index is 9.84. The summed E-state index contributed by atoms with van der Waals surface area (Å²) in [6.07, 6.45) is -1.83. The van der Waals surface area contributed by atoms with Crippen molar-refractivity contribution in [1.29, 1.82) is 0 Å². The fourth-order valence-corrected chi connectivity index (χ4v) is 2.19. The quantitative estimate of drug-likeness (QED) is 0.379. The minimum Gasteiger partial charge on any atom is -0.394 e. The third-order valence-corrected chi connectivity index (χ3v) is 3.91. The van der Waals surface area contributed by atoms with Gasteiger partial charge in [-0.05, 0) is 26.7 Å². The molecule has 7 heteroatoms. The first-order valence-corrected chi connectivity index (χ1v) is 7.65. The third kappa shape index (κ3) is 5.96. The molecule has 0 bridgehead atoms. The van der Waals surface area contributed by atoms with Gasteiger partial charge in [-0.15, -0.1) is 6.58 Å². The molecule has 0 radical (unpaired) electrons. The van der Waals surface area contributed by atoms with Gasteiger partial charge >= 0.3 is 0 Å². The molecule has 6 atom stereocenters. The molecule has 1 fully saturated rings. The minimum atomic E-state index is -1.45. The monoisotopic (exact) mass is 332 g/mol. The molecule has 5 N–H and O–H groups in total. The summed E-state index contributed by atoms with van der Waals surface area (Å²) in [5, 5.41) is 48.1. The van der Waals surface area contributed by atoms with Gasteiger partial charge in [0.2, 0.25) is 0 Å². The summed E-state index contributed by atoms with van der Waals surface area (Å²) in [4.78, 5) is 0. The van der Waals surface area contributed by atoms with Crippen LogP contribution in [0, 0.1) is 0 Å². The molecule has 0 aromatic heterocycles. The lowest BCUT2D eigenvalue weighted by Gasteiger charge is -2.39. The fourth-order valence-electron chi connectivity index (χ4n) is 2.19. The number of hydrogen-bond donors (Lipinski definition) is 5. The van der Waals surface area contributed by atoms with Crippen LogP contribution >= 0.6 is 0 Å². The largest absolute Gasteiger partial charge is 0.394 e. The first-order valence-electron chi connectivity index (χ1n) is 7.65. The summed E-state index contributed by atoms with van der Waals surface area (Å²) < 4.78 is 10.7. The van der Waals surface area contributed by atoms with E-state index >= 15 is 0 Å². The zero-order valence-corrected chi connectivity index (χ0v) is 13.6. The average Bonchev–Trinajstić information content (AvgIpc) is 2.52. The molecule has 0 aliphatic carbocycles. The van der Waals surface area contributed by atoms with Crippen LogP contribution in [-0.2, 0) is 9.47 Å². The van der Waals surface area contributed by atoms with Crippen LogP contribution in [0.4, 0.5) is 0 Å². The number of hydrogen-bond acceptors (Lipinski definition) is 7. The topological polar surface area (TPSA) is 120 Å². The van der Waals surface area contributed by atoms with Crippen LogP contribution in [0.1, 0.15) is 26.7 Å². The number of rotatable bonds is 8. The van der Waals surface area contributed by atoms with E-state index in [1.165, 1.54) is 6.08 Å². The normalized spacial score (nSPS) is 34.9. The first-order chi connectivity index (χ1) is 10.7. The first kappa shape index (κ1) is 20.2. The Hall–Kier alpha value is -0.800. The van der Waals surface area contributed by atoms with E-state index in [2.05, 4.69) is 6.58 Å². The predicted octanol–water partition coefficient (Wildman–Crippen LogP) is -0.534. The highest BCUT2D eigenvalue weighted by molar-refractivity contribution is 5.01. The Bertz CT molecular complexity index is 405. The van der Waals surface area contributed by atoms with Crippen LogP contribution in [0.5, 0.6) is 0 Å². The van der Waals surface area contributed by atoms with Crippen molar-refractivity contribution in [3.8, 4) is 0 Å². The molecule has 1 aliphatic heterocycles. The smallest absolute Gasteiger partial charge is 0.187 e. The second-order valence-corrected chi connectivity index (χ2v) is 6.16. The van der Waals surface area contributed by atoms with Crippen molar-refractivity contribution in [1.82, 2.24) is 0 Å². The van der Waals surface area contributed by atoms with Crippen LogP contribution in [0.15, 0.2) is 24.3 Å². The van der Waals surface area contributed by atoms with Crippen molar-refractivity contribution in [3.63, 3.8) is 0 Å². The third-order valence-electron chi connectivity index (χ3n) is 3.91. The lowest BCUT2D eigenvalue weighted by Crippen LogP contribution is -2.59. The number of aliphatic hydroxyl groups is 5. The lowest BCUT2D eigenvalue weighted by atomic mass is 9.99. The summed E-state index contributed by atoms with van der Waals surface area (Å²) in [6.45, 7) is 6.72. The van der Waals surface area contributed by atoms with Crippen LogP contribution in [0.3, 0.4) is 0 Å². The maximum Gasteiger partial charge on any atom is 0.187 e. The highest BCUT2D eigenvalue weighted by atomic mass is 16.7. The summed E-state index contributed by atoms with van der Waals surface area (Å²) in [6, 6.07) is 0. The highest BCUT2D eigenvalue weighted by Gasteiger charge is 2.43. The van der Waals surface area contributed by atoms with Crippen LogP contribution in [-0.4, -0.2) is 75.1 Å². The molecule has 0 aromatic rings. The van der Waals surface area contributed by atoms with E-state index in [4.69, 9.17) is 14.6 Å². The molecule has 1 aliphatic rings. The van der Waals surface area contributed by atoms with Crippen molar-refractivity contribution in [3.05, 3.63) is 24.3 Å². The van der Waals surface area contributed by atoms with Gasteiger partial charge in [0.25, 0.3) is 0 Å². The van der Waals surface area contributed by atoms with Gasteiger partial charge in [-0.25, -0.2) is 0 Å². The number of ether oxygens (including phenoxy) is 2. The minimum absolute atomic E-state index is 0.152. The van der Waals surface area contributed by atoms with Gasteiger partial charge in [-0.2, -0.15) is 0 Å². The van der Waals surface area contributed by atoms with E-state index in [1.54, 1.807) is 6.92 Å². The van der Waals surface area contributed by atoms with E-state index < -0.39 is 42.9 Å². The van der Waals surface area contributed by atoms with Crippen molar-refractivity contribution < 1.29 is 35.0 Å². The standard InChI is InChI=1S/C16H28O7/c1-4-16(3,21)7-5-6-10(2)9-22-15-14(20)13(19)12(18)11(8-17)23-15/h4,6,11-15,17-21H,1,5,7-9H2,2-3H3/b10-6+/t11-,12-,13+,14-,15-,16-/m1/s1. The Kier molecular flexibility index (Phi) is 7.82. The molecular formula is C16H28O7. The molecule has 0 saturated carbocycles. The van der Waals surface area contributed by atoms with E-state index in [0.29, 0.717) is 12.8 Å². The molecular weight excluding hydrogens is 304 g/mol. The number of aliphatic hydroxyl groups excluding tert-OH is 4. The summed E-state index contributed by atoms with van der Waals surface area (Å²) >= 11 is 0. The second-order valence-electron chi connectivity index (χ2n) is 6.16. The Labute approximate surface area is 136 Å². The molecule has 7 nitrogen and oxygen atoms in total. The molecule has 134 valence electrons. The maximum absolute atomic E-state index is 9.84. The van der Waals surface area contributed by atoms with E-state index in [-0.39, 0.29) is 6.61 Å². The highest BCUT2D eigenvalue weighted by Crippen LogP contribution is 2.22. The van der Waals surface area contributed by atoms with Crippen LogP contribution < -0.4 is 0 Å². The Balaban J connectivity index is 2.48. The molecule has 0 aromatic carbocycles.